The van der Waals surface area contributed by atoms with Gasteiger partial charge in [-0.05, 0) is 12.8 Å². The topological polar surface area (TPSA) is 20.2 Å². The van der Waals surface area contributed by atoms with Crippen molar-refractivity contribution < 1.29 is 9.59 Å². The minimum absolute atomic E-state index is 0.330. The highest BCUT2D eigenvalue weighted by Gasteiger charge is 2.22. The van der Waals surface area contributed by atoms with Crippen LogP contribution in [0.2, 0.25) is 0 Å². The Morgan fingerprint density at radius 2 is 1.35 bits per heavy atom. The summed E-state index contributed by atoms with van der Waals surface area (Å²) in [5.74, 6) is 0. The molecule has 1 unspecified atom stereocenters. The molecule has 0 aliphatic carbocycles. The second-order valence-electron chi connectivity index (χ2n) is 6.19. The van der Waals surface area contributed by atoms with Gasteiger partial charge in [-0.3, -0.25) is 0 Å². The van der Waals surface area contributed by atoms with Crippen molar-refractivity contribution in [3.05, 3.63) is 0 Å². The fourth-order valence-corrected chi connectivity index (χ4v) is 2.41. The van der Waals surface area contributed by atoms with Crippen molar-refractivity contribution >= 4 is 0 Å². The number of nitrogens with zero attached hydrogens (tertiary/aromatic N) is 1. The molecule has 2 heteroatoms. The molecule has 0 aromatic heterocycles. The number of unbranched alkanes of at least 4 members (excludes halogenated alkanes) is 6. The Hall–Kier alpha value is -0.0800. The second kappa shape index (κ2) is 9.90. The molecule has 17 heavy (non-hydrogen) atoms. The Kier molecular flexibility index (Phi) is 9.85. The first-order valence-corrected chi connectivity index (χ1v) is 7.44. The number of hydrogen-bond donors (Lipinski definition) is 1. The third-order valence-corrected chi connectivity index (χ3v) is 3.70. The van der Waals surface area contributed by atoms with Crippen molar-refractivity contribution in [2.75, 3.05) is 27.7 Å². The van der Waals surface area contributed by atoms with Crippen molar-refractivity contribution in [2.45, 2.75) is 70.8 Å². The fourth-order valence-electron chi connectivity index (χ4n) is 2.41. The maximum absolute atomic E-state index is 9.09. The van der Waals surface area contributed by atoms with Crippen LogP contribution in [0.3, 0.4) is 0 Å². The van der Waals surface area contributed by atoms with E-state index >= 15 is 0 Å². The molecule has 0 aliphatic heterocycles. The summed E-state index contributed by atoms with van der Waals surface area (Å²) in [6.45, 7) is 2.59. The molecule has 104 valence electrons. The van der Waals surface area contributed by atoms with E-state index in [4.69, 9.17) is 5.11 Å². The maximum atomic E-state index is 9.09. The van der Waals surface area contributed by atoms with Crippen LogP contribution in [0.1, 0.15) is 64.7 Å². The summed E-state index contributed by atoms with van der Waals surface area (Å²) in [5, 5.41) is 9.09. The molecule has 0 fully saturated rings. The van der Waals surface area contributed by atoms with Crippen molar-refractivity contribution in [1.29, 1.82) is 0 Å². The molecule has 0 heterocycles. The van der Waals surface area contributed by atoms with Crippen molar-refractivity contribution in [3.63, 3.8) is 0 Å². The van der Waals surface area contributed by atoms with E-state index in [1.807, 2.05) is 0 Å². The molecule has 0 bridgehead atoms. The molecule has 0 saturated heterocycles. The molecule has 1 atom stereocenters. The average Bonchev–Trinajstić information content (AvgIpc) is 2.25. The summed E-state index contributed by atoms with van der Waals surface area (Å²) in [6, 6.07) is 0.621. The third kappa shape index (κ3) is 9.61. The second-order valence-corrected chi connectivity index (χ2v) is 6.19. The Balaban J connectivity index is 3.55. The summed E-state index contributed by atoms with van der Waals surface area (Å²) in [4.78, 5) is 0. The van der Waals surface area contributed by atoms with Crippen LogP contribution in [-0.2, 0) is 0 Å². The van der Waals surface area contributed by atoms with Gasteiger partial charge in [-0.15, -0.1) is 0 Å². The van der Waals surface area contributed by atoms with Crippen LogP contribution in [0.15, 0.2) is 0 Å². The van der Waals surface area contributed by atoms with E-state index in [2.05, 4.69) is 28.1 Å². The predicted octanol–water partition coefficient (Wildman–Crippen LogP) is 3.58. The van der Waals surface area contributed by atoms with Gasteiger partial charge in [-0.1, -0.05) is 45.4 Å². The number of hydrogen-bond acceptors (Lipinski definition) is 1. The van der Waals surface area contributed by atoms with E-state index in [0.29, 0.717) is 12.6 Å². The molecule has 0 spiro atoms. The molecule has 0 aromatic rings. The molecule has 0 saturated carbocycles. The molecule has 0 aliphatic rings. The van der Waals surface area contributed by atoms with Gasteiger partial charge >= 0.3 is 0 Å². The van der Waals surface area contributed by atoms with Gasteiger partial charge in [0.2, 0.25) is 0 Å². The Labute approximate surface area is 109 Å². The fraction of sp³-hybridized carbons (Fsp3) is 1.00. The van der Waals surface area contributed by atoms with Crippen molar-refractivity contribution in [2.24, 2.45) is 0 Å². The molecular formula is C15H34NO+. The Bertz CT molecular complexity index is 163. The molecule has 2 nitrogen and oxygen atoms in total. The lowest BCUT2D eigenvalue weighted by Gasteiger charge is -2.34. The van der Waals surface area contributed by atoms with Crippen molar-refractivity contribution in [3.8, 4) is 0 Å². The molecule has 0 rings (SSSR count). The van der Waals surface area contributed by atoms with Crippen LogP contribution >= 0.6 is 0 Å². The zero-order valence-corrected chi connectivity index (χ0v) is 12.5. The van der Waals surface area contributed by atoms with Crippen LogP contribution in [0.4, 0.5) is 0 Å². The standard InChI is InChI=1S/C15H34NO/c1-5-6-7-8-9-10-11-12-15(13-14-17)16(2,3)4/h15,17H,5-14H2,1-4H3/q+1. The highest BCUT2D eigenvalue weighted by molar-refractivity contribution is 4.58. The zero-order valence-electron chi connectivity index (χ0n) is 12.5. The highest BCUT2D eigenvalue weighted by atomic mass is 16.3. The zero-order chi connectivity index (χ0) is 13.1. The minimum atomic E-state index is 0.330. The number of rotatable bonds is 11. The third-order valence-electron chi connectivity index (χ3n) is 3.70. The SMILES string of the molecule is CCCCCCCCCC(CCO)[N+](C)(C)C. The lowest BCUT2D eigenvalue weighted by atomic mass is 10.0. The van der Waals surface area contributed by atoms with E-state index in [-0.39, 0.29) is 0 Å². The van der Waals surface area contributed by atoms with Gasteiger partial charge in [0.05, 0.1) is 27.2 Å². The number of aliphatic hydroxyl groups is 1. The van der Waals surface area contributed by atoms with Crippen molar-refractivity contribution in [1.82, 2.24) is 0 Å². The quantitative estimate of drug-likeness (QED) is 0.435. The summed E-state index contributed by atoms with van der Waals surface area (Å²) >= 11 is 0. The van der Waals surface area contributed by atoms with E-state index < -0.39 is 0 Å². The lowest BCUT2D eigenvalue weighted by Crippen LogP contribution is -2.45. The normalized spacial score (nSPS) is 13.9. The summed E-state index contributed by atoms with van der Waals surface area (Å²) < 4.78 is 0.983. The lowest BCUT2D eigenvalue weighted by molar-refractivity contribution is -0.896. The van der Waals surface area contributed by atoms with Crippen LogP contribution in [0.5, 0.6) is 0 Å². The monoisotopic (exact) mass is 244 g/mol. The molecular weight excluding hydrogens is 210 g/mol. The smallest absolute Gasteiger partial charge is 0.0906 e. The molecule has 0 aromatic carbocycles. The van der Waals surface area contributed by atoms with Crippen LogP contribution in [0, 0.1) is 0 Å². The predicted molar refractivity (Wildman–Crippen MR) is 76.1 cm³/mol. The van der Waals surface area contributed by atoms with E-state index in [9.17, 15) is 0 Å². The van der Waals surface area contributed by atoms with E-state index in [1.165, 1.54) is 51.4 Å². The molecule has 0 radical (unpaired) electrons. The first-order valence-electron chi connectivity index (χ1n) is 7.44. The summed E-state index contributed by atoms with van der Waals surface area (Å²) in [5.41, 5.74) is 0. The van der Waals surface area contributed by atoms with Gasteiger partial charge in [0.1, 0.15) is 0 Å². The van der Waals surface area contributed by atoms with Gasteiger partial charge in [-0.2, -0.15) is 0 Å². The highest BCUT2D eigenvalue weighted by Crippen LogP contribution is 2.16. The van der Waals surface area contributed by atoms with E-state index in [1.54, 1.807) is 0 Å². The number of aliphatic hydroxyl groups excluding tert-OH is 1. The van der Waals surface area contributed by atoms with Crippen LogP contribution in [0.25, 0.3) is 0 Å². The minimum Gasteiger partial charge on any atom is -0.396 e. The van der Waals surface area contributed by atoms with Gasteiger partial charge in [-0.25, -0.2) is 0 Å². The first kappa shape index (κ1) is 16.9. The summed E-state index contributed by atoms with van der Waals surface area (Å²) in [7, 11) is 6.71. The van der Waals surface area contributed by atoms with E-state index in [0.717, 1.165) is 10.9 Å². The maximum Gasteiger partial charge on any atom is 0.0906 e. The summed E-state index contributed by atoms with van der Waals surface area (Å²) in [6.07, 6.45) is 11.8. The Morgan fingerprint density at radius 1 is 0.824 bits per heavy atom. The van der Waals surface area contributed by atoms with Crippen LogP contribution < -0.4 is 0 Å². The Morgan fingerprint density at radius 3 is 1.82 bits per heavy atom. The average molecular weight is 244 g/mol. The molecule has 0 amide bonds. The van der Waals surface area contributed by atoms with Gasteiger partial charge in [0.25, 0.3) is 0 Å². The van der Waals surface area contributed by atoms with Gasteiger partial charge in [0, 0.05) is 13.0 Å². The van der Waals surface area contributed by atoms with Gasteiger partial charge < -0.3 is 9.59 Å². The van der Waals surface area contributed by atoms with Crippen LogP contribution in [-0.4, -0.2) is 43.4 Å². The number of quaternary nitrogens is 1. The van der Waals surface area contributed by atoms with Gasteiger partial charge in [0.15, 0.2) is 0 Å². The largest absolute Gasteiger partial charge is 0.396 e. The molecule has 1 N–H and O–H groups in total. The first-order chi connectivity index (χ1) is 8.02.